The summed E-state index contributed by atoms with van der Waals surface area (Å²) in [6.45, 7) is 9.07. The Morgan fingerprint density at radius 2 is 1.81 bits per heavy atom. The average Bonchev–Trinajstić information content (AvgIpc) is 2.36. The average molecular weight is 357 g/mol. The molecule has 0 bridgehead atoms. The standard InChI is InChI=1S/C15H21BrN2O3/c1-9(2)14(10(3)4)8-17-15(19)11-5-12(16)7-13(6-11)18(20)21/h5-7,9-10,14H,8H2,1-4H3,(H,17,19). The maximum absolute atomic E-state index is 12.2. The molecule has 0 aliphatic heterocycles. The minimum atomic E-state index is -0.507. The second kappa shape index (κ2) is 7.54. The van der Waals surface area contributed by atoms with Crippen LogP contribution in [0.5, 0.6) is 0 Å². The third kappa shape index (κ3) is 5.12. The Labute approximate surface area is 133 Å². The van der Waals surface area contributed by atoms with Crippen LogP contribution in [0, 0.1) is 27.9 Å². The molecule has 0 aliphatic rings. The minimum Gasteiger partial charge on any atom is -0.352 e. The fourth-order valence-electron chi connectivity index (χ4n) is 2.36. The molecule has 0 aliphatic carbocycles. The van der Waals surface area contributed by atoms with Gasteiger partial charge in [0.05, 0.1) is 4.92 Å². The molecule has 0 atom stereocenters. The van der Waals surface area contributed by atoms with Gasteiger partial charge in [0.25, 0.3) is 11.6 Å². The Bertz CT molecular complexity index is 522. The van der Waals surface area contributed by atoms with Gasteiger partial charge in [-0.3, -0.25) is 14.9 Å². The first-order chi connectivity index (χ1) is 9.72. The van der Waals surface area contributed by atoms with Crippen molar-refractivity contribution in [2.24, 2.45) is 17.8 Å². The Kier molecular flexibility index (Phi) is 6.33. The number of hydrogen-bond donors (Lipinski definition) is 1. The Hall–Kier alpha value is -1.43. The molecule has 1 rings (SSSR count). The number of hydrogen-bond acceptors (Lipinski definition) is 3. The van der Waals surface area contributed by atoms with Gasteiger partial charge in [0.2, 0.25) is 0 Å². The highest BCUT2D eigenvalue weighted by Gasteiger charge is 2.19. The van der Waals surface area contributed by atoms with Crippen molar-refractivity contribution < 1.29 is 9.72 Å². The van der Waals surface area contributed by atoms with Crippen molar-refractivity contribution in [1.82, 2.24) is 5.32 Å². The molecular weight excluding hydrogens is 336 g/mol. The highest BCUT2D eigenvalue weighted by atomic mass is 79.9. The summed E-state index contributed by atoms with van der Waals surface area (Å²) in [6.07, 6.45) is 0. The molecule has 1 amide bonds. The normalized spacial score (nSPS) is 11.2. The Morgan fingerprint density at radius 3 is 2.29 bits per heavy atom. The van der Waals surface area contributed by atoms with Crippen LogP contribution < -0.4 is 5.32 Å². The lowest BCUT2D eigenvalue weighted by Gasteiger charge is -2.25. The molecule has 0 spiro atoms. The number of rotatable bonds is 6. The third-order valence-corrected chi connectivity index (χ3v) is 4.02. The van der Waals surface area contributed by atoms with Crippen LogP contribution in [0.15, 0.2) is 22.7 Å². The van der Waals surface area contributed by atoms with Gasteiger partial charge in [0, 0.05) is 28.7 Å². The fraction of sp³-hybridized carbons (Fsp3) is 0.533. The molecule has 1 N–H and O–H groups in total. The number of nitrogens with zero attached hydrogens (tertiary/aromatic N) is 1. The Balaban J connectivity index is 2.82. The Morgan fingerprint density at radius 1 is 1.24 bits per heavy atom. The smallest absolute Gasteiger partial charge is 0.271 e. The highest BCUT2D eigenvalue weighted by Crippen LogP contribution is 2.22. The molecule has 1 aromatic carbocycles. The van der Waals surface area contributed by atoms with Crippen LogP contribution in [0.4, 0.5) is 5.69 Å². The van der Waals surface area contributed by atoms with Gasteiger partial charge in [-0.2, -0.15) is 0 Å². The number of nitro benzene ring substituents is 1. The lowest BCUT2D eigenvalue weighted by atomic mass is 9.85. The molecule has 0 saturated carbocycles. The second-order valence-electron chi connectivity index (χ2n) is 5.82. The highest BCUT2D eigenvalue weighted by molar-refractivity contribution is 9.10. The van der Waals surface area contributed by atoms with E-state index in [1.54, 1.807) is 6.07 Å². The van der Waals surface area contributed by atoms with Gasteiger partial charge < -0.3 is 5.32 Å². The molecule has 0 unspecified atom stereocenters. The molecule has 0 radical (unpaired) electrons. The first kappa shape index (κ1) is 17.6. The number of benzene rings is 1. The number of non-ortho nitro benzene ring substituents is 1. The summed E-state index contributed by atoms with van der Waals surface area (Å²) in [5, 5.41) is 13.7. The van der Waals surface area contributed by atoms with Crippen molar-refractivity contribution in [2.75, 3.05) is 6.54 Å². The number of halogens is 1. The molecule has 0 heterocycles. The van der Waals surface area contributed by atoms with Crippen molar-refractivity contribution in [2.45, 2.75) is 27.7 Å². The van der Waals surface area contributed by atoms with Crippen molar-refractivity contribution in [3.05, 3.63) is 38.3 Å². The zero-order valence-corrected chi connectivity index (χ0v) is 14.3. The van der Waals surface area contributed by atoms with Crippen LogP contribution in [-0.4, -0.2) is 17.4 Å². The zero-order valence-electron chi connectivity index (χ0n) is 12.7. The maximum Gasteiger partial charge on any atom is 0.271 e. The topological polar surface area (TPSA) is 72.2 Å². The predicted molar refractivity (Wildman–Crippen MR) is 86.3 cm³/mol. The molecule has 1 aromatic rings. The summed E-state index contributed by atoms with van der Waals surface area (Å²) in [4.78, 5) is 22.5. The van der Waals surface area contributed by atoms with E-state index in [1.165, 1.54) is 12.1 Å². The van der Waals surface area contributed by atoms with E-state index in [2.05, 4.69) is 48.9 Å². The van der Waals surface area contributed by atoms with Crippen LogP contribution in [0.1, 0.15) is 38.1 Å². The molecule has 0 aromatic heterocycles. The van der Waals surface area contributed by atoms with Crippen molar-refractivity contribution in [3.8, 4) is 0 Å². The van der Waals surface area contributed by atoms with E-state index in [-0.39, 0.29) is 11.6 Å². The minimum absolute atomic E-state index is 0.0983. The van der Waals surface area contributed by atoms with Gasteiger partial charge in [-0.1, -0.05) is 43.6 Å². The van der Waals surface area contributed by atoms with Crippen LogP contribution in [0.3, 0.4) is 0 Å². The van der Waals surface area contributed by atoms with E-state index in [4.69, 9.17) is 0 Å². The number of carbonyl (C=O) groups excluding carboxylic acids is 1. The number of nitro groups is 1. The third-order valence-electron chi connectivity index (χ3n) is 3.57. The van der Waals surface area contributed by atoms with E-state index in [9.17, 15) is 14.9 Å². The number of carbonyl (C=O) groups is 1. The monoisotopic (exact) mass is 356 g/mol. The summed E-state index contributed by atoms with van der Waals surface area (Å²) in [5.74, 6) is 1.01. The molecule has 6 heteroatoms. The maximum atomic E-state index is 12.2. The van der Waals surface area contributed by atoms with Gasteiger partial charge >= 0.3 is 0 Å². The molecule has 0 fully saturated rings. The lowest BCUT2D eigenvalue weighted by Crippen LogP contribution is -2.33. The number of amides is 1. The quantitative estimate of drug-likeness (QED) is 0.617. The summed E-state index contributed by atoms with van der Waals surface area (Å²) in [6, 6.07) is 4.25. The molecule has 116 valence electrons. The largest absolute Gasteiger partial charge is 0.352 e. The lowest BCUT2D eigenvalue weighted by molar-refractivity contribution is -0.385. The van der Waals surface area contributed by atoms with E-state index < -0.39 is 4.92 Å². The van der Waals surface area contributed by atoms with Gasteiger partial charge in [0.1, 0.15) is 0 Å². The van der Waals surface area contributed by atoms with Crippen LogP contribution in [-0.2, 0) is 0 Å². The van der Waals surface area contributed by atoms with E-state index in [0.717, 1.165) is 0 Å². The SMILES string of the molecule is CC(C)C(CNC(=O)c1cc(Br)cc([N+](=O)[O-])c1)C(C)C. The van der Waals surface area contributed by atoms with Gasteiger partial charge in [0.15, 0.2) is 0 Å². The summed E-state index contributed by atoms with van der Waals surface area (Å²) in [5.41, 5.74) is 0.195. The summed E-state index contributed by atoms with van der Waals surface area (Å²) >= 11 is 3.19. The number of nitrogens with one attached hydrogen (secondary N) is 1. The molecule has 0 saturated heterocycles. The van der Waals surface area contributed by atoms with Gasteiger partial charge in [-0.05, 0) is 23.8 Å². The van der Waals surface area contributed by atoms with Crippen molar-refractivity contribution in [3.63, 3.8) is 0 Å². The van der Waals surface area contributed by atoms with Crippen molar-refractivity contribution >= 4 is 27.5 Å². The summed E-state index contributed by atoms with van der Waals surface area (Å²) in [7, 11) is 0. The van der Waals surface area contributed by atoms with Crippen LogP contribution >= 0.6 is 15.9 Å². The van der Waals surface area contributed by atoms with E-state index in [1.807, 2.05) is 0 Å². The second-order valence-corrected chi connectivity index (χ2v) is 6.73. The first-order valence-electron chi connectivity index (χ1n) is 6.95. The van der Waals surface area contributed by atoms with Gasteiger partial charge in [-0.15, -0.1) is 0 Å². The summed E-state index contributed by atoms with van der Waals surface area (Å²) < 4.78 is 0.520. The van der Waals surface area contributed by atoms with E-state index in [0.29, 0.717) is 34.3 Å². The molecular formula is C15H21BrN2O3. The van der Waals surface area contributed by atoms with E-state index >= 15 is 0 Å². The first-order valence-corrected chi connectivity index (χ1v) is 7.74. The predicted octanol–water partition coefficient (Wildman–Crippen LogP) is 4.02. The zero-order chi connectivity index (χ0) is 16.2. The van der Waals surface area contributed by atoms with Crippen molar-refractivity contribution in [1.29, 1.82) is 0 Å². The van der Waals surface area contributed by atoms with Crippen LogP contribution in [0.25, 0.3) is 0 Å². The molecule has 21 heavy (non-hydrogen) atoms. The fourth-order valence-corrected chi connectivity index (χ4v) is 2.85. The molecule has 5 nitrogen and oxygen atoms in total. The van der Waals surface area contributed by atoms with Crippen LogP contribution in [0.2, 0.25) is 0 Å². The van der Waals surface area contributed by atoms with Gasteiger partial charge in [-0.25, -0.2) is 0 Å².